The number of allylic oxidation sites excluding steroid dienone is 1. The summed E-state index contributed by atoms with van der Waals surface area (Å²) in [6.45, 7) is 0.784. The number of nitrogens with two attached hydrogens (primary N) is 1. The molecule has 1 saturated heterocycles. The van der Waals surface area contributed by atoms with Gasteiger partial charge >= 0.3 is 37.3 Å². The van der Waals surface area contributed by atoms with Gasteiger partial charge in [0.2, 0.25) is 0 Å². The van der Waals surface area contributed by atoms with Crippen LogP contribution in [0.1, 0.15) is 40.7 Å². The van der Waals surface area contributed by atoms with Crippen LogP contribution in [0.2, 0.25) is 0 Å². The van der Waals surface area contributed by atoms with E-state index >= 15 is 0 Å². The molecule has 0 aromatic heterocycles. The maximum atomic E-state index is 13.7. The van der Waals surface area contributed by atoms with Gasteiger partial charge in [-0.1, -0.05) is 31.0 Å². The third kappa shape index (κ3) is 7.13. The van der Waals surface area contributed by atoms with E-state index < -0.39 is 18.4 Å². The molecule has 0 radical (unpaired) electrons. The first-order chi connectivity index (χ1) is 15.7. The molecule has 2 N–H and O–H groups in total. The summed E-state index contributed by atoms with van der Waals surface area (Å²) in [6.07, 6.45) is -3.02. The van der Waals surface area contributed by atoms with Crippen LogP contribution in [0.4, 0.5) is 17.6 Å². The number of carbonyl (C=O) groups excluding carboxylic acids is 1. The molecule has 0 saturated carbocycles. The summed E-state index contributed by atoms with van der Waals surface area (Å²) in [4.78, 5) is 19.0. The van der Waals surface area contributed by atoms with E-state index in [9.17, 15) is 22.4 Å². The molecule has 2 aromatic rings. The van der Waals surface area contributed by atoms with Gasteiger partial charge in [-0.3, -0.25) is 4.79 Å². The number of hydrogen-bond acceptors (Lipinski definition) is 3. The molecule has 0 aliphatic carbocycles. The van der Waals surface area contributed by atoms with Gasteiger partial charge in [0, 0.05) is 37.9 Å². The molecule has 9 heteroatoms. The van der Waals surface area contributed by atoms with Crippen LogP contribution in [0.15, 0.2) is 59.2 Å². The smallest absolute Gasteiger partial charge is 0.455 e. The average molecular weight is 698 g/mol. The number of alkyl halides is 3. The van der Waals surface area contributed by atoms with Crippen molar-refractivity contribution in [3.63, 3.8) is 0 Å². The summed E-state index contributed by atoms with van der Waals surface area (Å²) in [5.41, 5.74) is 8.25. The molecule has 0 spiro atoms. The van der Waals surface area contributed by atoms with Crippen LogP contribution in [0.25, 0.3) is 0 Å². The average Bonchev–Trinajstić information content (AvgIpc) is 2.80. The summed E-state index contributed by atoms with van der Waals surface area (Å²) < 4.78 is 51.7. The van der Waals surface area contributed by atoms with Crippen LogP contribution >= 0.6 is 0 Å². The van der Waals surface area contributed by atoms with Gasteiger partial charge in [-0.15, -0.1) is 41.6 Å². The van der Waals surface area contributed by atoms with Gasteiger partial charge in [0.25, 0.3) is 5.91 Å². The Morgan fingerprint density at radius 1 is 1.24 bits per heavy atom. The van der Waals surface area contributed by atoms with Crippen LogP contribution in [0.5, 0.6) is 0 Å². The number of rotatable bonds is 6. The fourth-order valence-electron chi connectivity index (χ4n) is 3.97. The third-order valence-corrected chi connectivity index (χ3v) is 5.62. The molecule has 2 aromatic carbocycles. The summed E-state index contributed by atoms with van der Waals surface area (Å²) in [6, 6.07) is 13.5. The molecule has 1 fully saturated rings. The van der Waals surface area contributed by atoms with Gasteiger partial charge in [-0.2, -0.15) is 19.1 Å². The number of amides is 1. The zero-order valence-electron chi connectivity index (χ0n) is 18.8. The summed E-state index contributed by atoms with van der Waals surface area (Å²) in [7, 11) is 1.59. The third-order valence-electron chi connectivity index (χ3n) is 5.62. The SMILES string of the molecule is CN=C(C(=CN)[C-]1CCN(C(=O)c2ccccc2CCC(F)(F)F)CC1)c1[c-]ccc(F)c1.[U+2]. The number of benzene rings is 2. The fourth-order valence-corrected chi connectivity index (χ4v) is 3.97. The minimum Gasteiger partial charge on any atom is -0.455 e. The summed E-state index contributed by atoms with van der Waals surface area (Å²) in [5, 5.41) is 0. The molecule has 1 aliphatic heterocycles. The topological polar surface area (TPSA) is 58.7 Å². The van der Waals surface area contributed by atoms with Crippen molar-refractivity contribution in [2.45, 2.75) is 31.9 Å². The van der Waals surface area contributed by atoms with Gasteiger partial charge < -0.3 is 15.6 Å². The monoisotopic (exact) mass is 697 g/mol. The Balaban J connectivity index is 0.00000408. The van der Waals surface area contributed by atoms with Gasteiger partial charge in [0.15, 0.2) is 0 Å². The van der Waals surface area contributed by atoms with E-state index in [1.54, 1.807) is 36.2 Å². The van der Waals surface area contributed by atoms with Gasteiger partial charge in [0.1, 0.15) is 0 Å². The first-order valence-corrected chi connectivity index (χ1v) is 10.6. The molecule has 4 nitrogen and oxygen atoms in total. The first kappa shape index (κ1) is 28.0. The second kappa shape index (κ2) is 12.5. The Hall–Kier alpha value is -2.24. The first-order valence-electron chi connectivity index (χ1n) is 10.6. The van der Waals surface area contributed by atoms with Crippen molar-refractivity contribution in [1.29, 1.82) is 0 Å². The van der Waals surface area contributed by atoms with Crippen LogP contribution < -0.4 is 5.73 Å². The van der Waals surface area contributed by atoms with Gasteiger partial charge in [-0.05, 0) is 23.8 Å². The standard InChI is InChI=1S/C25H25F4N3O.U/c1-31-23(19-6-4-7-20(26)15-19)22(16-30)18-10-13-32(14-11-18)24(33)21-8-3-2-5-17(21)9-12-25(27,28)29;/h2-5,7-8,15-16H,9-14,30H2,1H3;/q-2;+2. The number of halogens is 4. The number of nitrogens with zero attached hydrogens (tertiary/aromatic N) is 2. The number of aryl methyl sites for hydroxylation is 1. The van der Waals surface area contributed by atoms with E-state index in [2.05, 4.69) is 11.1 Å². The van der Waals surface area contributed by atoms with Crippen LogP contribution in [-0.4, -0.2) is 42.8 Å². The van der Waals surface area contributed by atoms with Crippen molar-refractivity contribution < 1.29 is 53.5 Å². The Labute approximate surface area is 220 Å². The minimum absolute atomic E-state index is 0. The van der Waals surface area contributed by atoms with Gasteiger partial charge in [-0.25, -0.2) is 4.39 Å². The molecule has 0 atom stereocenters. The van der Waals surface area contributed by atoms with Crippen LogP contribution in [-0.2, 0) is 6.42 Å². The fraction of sp³-hybridized carbons (Fsp3) is 0.320. The van der Waals surface area contributed by atoms with E-state index in [1.807, 2.05) is 0 Å². The number of aliphatic imine (C=N–C) groups is 1. The van der Waals surface area contributed by atoms with E-state index in [0.29, 0.717) is 53.9 Å². The second-order valence-corrected chi connectivity index (χ2v) is 7.74. The van der Waals surface area contributed by atoms with Crippen molar-refractivity contribution in [2.75, 3.05) is 20.1 Å². The Bertz CT molecular complexity index is 1040. The second-order valence-electron chi connectivity index (χ2n) is 7.74. The van der Waals surface area contributed by atoms with E-state index in [4.69, 9.17) is 5.73 Å². The van der Waals surface area contributed by atoms with Crippen molar-refractivity contribution in [1.82, 2.24) is 4.90 Å². The number of hydrogen-bond donors (Lipinski definition) is 1. The maximum absolute atomic E-state index is 13.7. The van der Waals surface area contributed by atoms with Crippen molar-refractivity contribution in [3.05, 3.63) is 88.7 Å². The number of likely N-dealkylation sites (tertiary alicyclic amines) is 1. The Kier molecular flexibility index (Phi) is 10.3. The summed E-state index contributed by atoms with van der Waals surface area (Å²) in [5.74, 6) is 0.286. The predicted octanol–water partition coefficient (Wildman–Crippen LogP) is 4.89. The molecule has 1 aliphatic rings. The van der Waals surface area contributed by atoms with Gasteiger partial charge in [0.05, 0.1) is 0 Å². The predicted molar refractivity (Wildman–Crippen MR) is 119 cm³/mol. The minimum atomic E-state index is -4.28. The molecule has 0 unspecified atom stereocenters. The van der Waals surface area contributed by atoms with E-state index in [1.165, 1.54) is 24.4 Å². The molecule has 34 heavy (non-hydrogen) atoms. The van der Waals surface area contributed by atoms with Crippen molar-refractivity contribution in [3.8, 4) is 0 Å². The van der Waals surface area contributed by atoms with E-state index in [0.717, 1.165) is 5.92 Å². The molecule has 178 valence electrons. The molecule has 3 rings (SSSR count). The zero-order valence-corrected chi connectivity index (χ0v) is 22.9. The Morgan fingerprint density at radius 3 is 2.50 bits per heavy atom. The normalized spacial score (nSPS) is 15.2. The number of carbonyl (C=O) groups is 1. The van der Waals surface area contributed by atoms with Crippen molar-refractivity contribution >= 4 is 11.6 Å². The van der Waals surface area contributed by atoms with Crippen LogP contribution in [0, 0.1) is 48.9 Å². The molecular formula is C25H25F4N3OU. The molecule has 0 bridgehead atoms. The van der Waals surface area contributed by atoms with E-state index in [-0.39, 0.29) is 43.4 Å². The summed E-state index contributed by atoms with van der Waals surface area (Å²) >= 11 is 0. The Morgan fingerprint density at radius 2 is 1.91 bits per heavy atom. The number of piperidine rings is 1. The zero-order chi connectivity index (χ0) is 24.0. The maximum Gasteiger partial charge on any atom is 2.00 e. The largest absolute Gasteiger partial charge is 2.00 e. The molecular weight excluding hydrogens is 672 g/mol. The quantitative estimate of drug-likeness (QED) is 0.266. The molecule has 1 amide bonds. The molecule has 1 heterocycles. The van der Waals surface area contributed by atoms with Crippen molar-refractivity contribution in [2.24, 2.45) is 10.7 Å². The van der Waals surface area contributed by atoms with Crippen LogP contribution in [0.3, 0.4) is 0 Å².